The summed E-state index contributed by atoms with van der Waals surface area (Å²) in [4.78, 5) is 10.4. The number of furan rings is 1. The maximum Gasteiger partial charge on any atom is 0.160 e. The van der Waals surface area contributed by atoms with Crippen LogP contribution in [0.15, 0.2) is 235 Å². The molecule has 0 aliphatic heterocycles. The van der Waals surface area contributed by atoms with Gasteiger partial charge in [0.2, 0.25) is 0 Å². The summed E-state index contributed by atoms with van der Waals surface area (Å²) in [5.41, 5.74) is 18.2. The van der Waals surface area contributed by atoms with Crippen LogP contribution in [0.4, 0.5) is 0 Å². The molecule has 0 N–H and O–H groups in total. The van der Waals surface area contributed by atoms with E-state index in [4.69, 9.17) is 14.4 Å². The SMILES string of the molecule is c1ccc(-c2nc(-c3cccc(-c4cccc(C5(c6ccccc6)c6ccccc6-c6ccccc65)c4)c3)cc(-c3cccc(-c4ccc5oc6ccccc6c5c4)c3)n2)cc1. The van der Waals surface area contributed by atoms with Crippen LogP contribution in [-0.2, 0) is 5.41 Å². The van der Waals surface area contributed by atoms with Gasteiger partial charge in [0.25, 0.3) is 0 Å². The Morgan fingerprint density at radius 2 is 0.790 bits per heavy atom. The van der Waals surface area contributed by atoms with Crippen LogP contribution in [0.2, 0.25) is 0 Å². The Hall–Kier alpha value is -8.14. The fourth-order valence-corrected chi connectivity index (χ4v) is 9.73. The fourth-order valence-electron chi connectivity index (χ4n) is 9.73. The normalized spacial score (nSPS) is 12.6. The van der Waals surface area contributed by atoms with E-state index in [0.717, 1.165) is 72.3 Å². The van der Waals surface area contributed by atoms with Gasteiger partial charge in [-0.05, 0) is 98.1 Å². The van der Waals surface area contributed by atoms with Crippen LogP contribution >= 0.6 is 0 Å². The number of hydrogen-bond donors (Lipinski definition) is 0. The van der Waals surface area contributed by atoms with Crippen molar-refractivity contribution in [1.82, 2.24) is 9.97 Å². The molecular weight excluding hydrogens is 753 g/mol. The zero-order chi connectivity index (χ0) is 41.0. The first-order valence-corrected chi connectivity index (χ1v) is 21.1. The predicted molar refractivity (Wildman–Crippen MR) is 254 cm³/mol. The van der Waals surface area contributed by atoms with Gasteiger partial charge < -0.3 is 4.42 Å². The summed E-state index contributed by atoms with van der Waals surface area (Å²) in [6.07, 6.45) is 0. The Kier molecular flexibility index (Phi) is 8.39. The largest absolute Gasteiger partial charge is 0.456 e. The molecule has 3 heteroatoms. The molecule has 0 unspecified atom stereocenters. The van der Waals surface area contributed by atoms with E-state index in [-0.39, 0.29) is 0 Å². The number of nitrogens with zero attached hydrogens (tertiary/aromatic N) is 2. The van der Waals surface area contributed by atoms with E-state index in [1.54, 1.807) is 0 Å². The van der Waals surface area contributed by atoms with E-state index in [1.807, 2.05) is 30.3 Å². The van der Waals surface area contributed by atoms with Gasteiger partial charge in [-0.3, -0.25) is 0 Å². The standard InChI is InChI=1S/C59H38N2O/c1-3-16-39(17-4-1)58-60-54(38-55(61-58)45-22-14-19-41(35-45)43-32-33-57-51(37-43)50-28-9-12-31-56(50)62-57)44-21-13-18-40(34-44)42-20-15-25-47(36-42)59(46-23-5-2-6-24-46)52-29-10-7-26-48(52)49-27-8-11-30-53(49)59/h1-38H. The van der Waals surface area contributed by atoms with Crippen molar-refractivity contribution in [3.05, 3.63) is 253 Å². The zero-order valence-corrected chi connectivity index (χ0v) is 33.7. The van der Waals surface area contributed by atoms with E-state index in [9.17, 15) is 0 Å². The molecular formula is C59H38N2O. The second kappa shape index (κ2) is 14.5. The van der Waals surface area contributed by atoms with Crippen molar-refractivity contribution in [2.24, 2.45) is 0 Å². The van der Waals surface area contributed by atoms with Gasteiger partial charge in [0.05, 0.1) is 16.8 Å². The molecule has 0 spiro atoms. The number of aromatic nitrogens is 2. The van der Waals surface area contributed by atoms with E-state index >= 15 is 0 Å². The summed E-state index contributed by atoms with van der Waals surface area (Å²) in [7, 11) is 0. The fraction of sp³-hybridized carbons (Fsp3) is 0.0169. The van der Waals surface area contributed by atoms with Gasteiger partial charge in [0.1, 0.15) is 11.2 Å². The third kappa shape index (κ3) is 5.82. The molecule has 62 heavy (non-hydrogen) atoms. The lowest BCUT2D eigenvalue weighted by Gasteiger charge is -2.34. The van der Waals surface area contributed by atoms with Gasteiger partial charge in [0, 0.05) is 27.5 Å². The Balaban J connectivity index is 0.973. The summed E-state index contributed by atoms with van der Waals surface area (Å²) in [6.45, 7) is 0. The Morgan fingerprint density at radius 3 is 1.47 bits per heavy atom. The summed E-state index contributed by atoms with van der Waals surface area (Å²) in [5, 5.41) is 2.23. The van der Waals surface area contributed by atoms with Crippen molar-refractivity contribution < 1.29 is 4.42 Å². The molecule has 9 aromatic carbocycles. The summed E-state index contributed by atoms with van der Waals surface area (Å²) < 4.78 is 6.14. The van der Waals surface area contributed by atoms with Gasteiger partial charge in [-0.1, -0.05) is 188 Å². The molecule has 1 aliphatic rings. The lowest BCUT2D eigenvalue weighted by molar-refractivity contribution is 0.669. The van der Waals surface area contributed by atoms with E-state index < -0.39 is 5.41 Å². The highest BCUT2D eigenvalue weighted by Gasteiger charge is 2.45. The number of fused-ring (bicyclic) bond motifs is 6. The molecule has 12 rings (SSSR count). The first kappa shape index (κ1) is 35.8. The van der Waals surface area contributed by atoms with Crippen molar-refractivity contribution >= 4 is 21.9 Å². The van der Waals surface area contributed by atoms with Crippen molar-refractivity contribution in [2.75, 3.05) is 0 Å². The van der Waals surface area contributed by atoms with Crippen LogP contribution in [0.3, 0.4) is 0 Å². The average molecular weight is 791 g/mol. The van der Waals surface area contributed by atoms with Crippen LogP contribution in [0.25, 0.3) is 89.2 Å². The second-order valence-corrected chi connectivity index (χ2v) is 16.1. The highest BCUT2D eigenvalue weighted by atomic mass is 16.3. The predicted octanol–water partition coefficient (Wildman–Crippen LogP) is 15.1. The molecule has 2 aromatic heterocycles. The lowest BCUT2D eigenvalue weighted by Crippen LogP contribution is -2.28. The zero-order valence-electron chi connectivity index (χ0n) is 33.7. The van der Waals surface area contributed by atoms with Crippen LogP contribution in [-0.4, -0.2) is 9.97 Å². The van der Waals surface area contributed by atoms with Gasteiger partial charge in [-0.15, -0.1) is 0 Å². The molecule has 1 aliphatic carbocycles. The van der Waals surface area contributed by atoms with E-state index in [0.29, 0.717) is 5.82 Å². The smallest absolute Gasteiger partial charge is 0.160 e. The minimum absolute atomic E-state index is 0.471. The van der Waals surface area contributed by atoms with Gasteiger partial charge in [0.15, 0.2) is 5.82 Å². The molecule has 0 atom stereocenters. The number of benzene rings is 9. The monoisotopic (exact) mass is 790 g/mol. The molecule has 3 nitrogen and oxygen atoms in total. The number of para-hydroxylation sites is 1. The van der Waals surface area contributed by atoms with Crippen molar-refractivity contribution in [3.8, 4) is 67.3 Å². The molecule has 0 fully saturated rings. The van der Waals surface area contributed by atoms with Crippen molar-refractivity contribution in [1.29, 1.82) is 0 Å². The summed E-state index contributed by atoms with van der Waals surface area (Å²) >= 11 is 0. The molecule has 0 radical (unpaired) electrons. The minimum atomic E-state index is -0.471. The van der Waals surface area contributed by atoms with Crippen LogP contribution < -0.4 is 0 Å². The lowest BCUT2D eigenvalue weighted by atomic mass is 9.67. The van der Waals surface area contributed by atoms with E-state index in [2.05, 4.69) is 200 Å². The molecule has 11 aromatic rings. The van der Waals surface area contributed by atoms with Crippen molar-refractivity contribution in [3.63, 3.8) is 0 Å². The molecule has 2 heterocycles. The first-order chi connectivity index (χ1) is 30.7. The summed E-state index contributed by atoms with van der Waals surface area (Å²) in [5.74, 6) is 0.686. The first-order valence-electron chi connectivity index (χ1n) is 21.1. The molecule has 290 valence electrons. The quantitative estimate of drug-likeness (QED) is 0.161. The molecule has 0 amide bonds. The maximum absolute atomic E-state index is 6.14. The van der Waals surface area contributed by atoms with Crippen molar-refractivity contribution in [2.45, 2.75) is 5.41 Å². The van der Waals surface area contributed by atoms with Gasteiger partial charge in [-0.25, -0.2) is 9.97 Å². The second-order valence-electron chi connectivity index (χ2n) is 16.1. The maximum atomic E-state index is 6.14. The van der Waals surface area contributed by atoms with Crippen LogP contribution in [0.1, 0.15) is 22.3 Å². The van der Waals surface area contributed by atoms with Crippen LogP contribution in [0.5, 0.6) is 0 Å². The highest BCUT2D eigenvalue weighted by Crippen LogP contribution is 2.56. The van der Waals surface area contributed by atoms with Crippen LogP contribution in [0, 0.1) is 0 Å². The molecule has 0 saturated heterocycles. The number of hydrogen-bond acceptors (Lipinski definition) is 3. The molecule has 0 bridgehead atoms. The Morgan fingerprint density at radius 1 is 0.306 bits per heavy atom. The highest BCUT2D eigenvalue weighted by molar-refractivity contribution is 6.06. The van der Waals surface area contributed by atoms with Gasteiger partial charge in [-0.2, -0.15) is 0 Å². The third-order valence-corrected chi connectivity index (χ3v) is 12.6. The molecule has 0 saturated carbocycles. The summed E-state index contributed by atoms with van der Waals surface area (Å²) in [6, 6.07) is 82.4. The van der Waals surface area contributed by atoms with E-state index in [1.165, 1.54) is 33.4 Å². The third-order valence-electron chi connectivity index (χ3n) is 12.6. The topological polar surface area (TPSA) is 38.9 Å². The average Bonchev–Trinajstić information content (AvgIpc) is 3.88. The Labute approximate surface area is 360 Å². The number of rotatable bonds is 7. The minimum Gasteiger partial charge on any atom is -0.456 e. The van der Waals surface area contributed by atoms with Gasteiger partial charge >= 0.3 is 0 Å². The Bertz CT molecular complexity index is 3430.